The monoisotopic (exact) mass is 239 g/mol. The number of hydrogen-bond acceptors (Lipinski definition) is 3. The highest BCUT2D eigenvalue weighted by atomic mass is 15.1. The molecule has 0 spiro atoms. The van der Waals surface area contributed by atoms with Crippen molar-refractivity contribution in [1.29, 1.82) is 5.26 Å². The van der Waals surface area contributed by atoms with Crippen LogP contribution in [0.1, 0.15) is 12.6 Å². The van der Waals surface area contributed by atoms with E-state index in [1.165, 1.54) is 5.69 Å². The molecule has 0 N–H and O–H groups in total. The Labute approximate surface area is 108 Å². The van der Waals surface area contributed by atoms with Crippen LogP contribution < -0.4 is 4.90 Å². The minimum Gasteiger partial charge on any atom is -0.378 e. The lowest BCUT2D eigenvalue weighted by Gasteiger charge is -2.13. The van der Waals surface area contributed by atoms with Crippen LogP contribution in [0, 0.1) is 17.2 Å². The molecule has 0 aliphatic heterocycles. The van der Waals surface area contributed by atoms with Crippen LogP contribution in [0.15, 0.2) is 30.3 Å². The first-order valence-corrected chi connectivity index (χ1v) is 6.07. The van der Waals surface area contributed by atoms with E-state index in [9.17, 15) is 0 Å². The average Bonchev–Trinajstić information content (AvgIpc) is 2.37. The molecule has 0 saturated carbocycles. The molecule has 0 radical (unpaired) electrons. The zero-order valence-electron chi connectivity index (χ0n) is 11.0. The maximum atomic E-state index is 8.82. The molecule has 1 unspecified atom stereocenters. The Kier molecular flexibility index (Phi) is 3.47. The number of hydrogen-bond donors (Lipinski definition) is 0. The van der Waals surface area contributed by atoms with Crippen LogP contribution in [0.4, 0.5) is 5.69 Å². The van der Waals surface area contributed by atoms with Crippen LogP contribution in [0.2, 0.25) is 0 Å². The van der Waals surface area contributed by atoms with E-state index < -0.39 is 0 Å². The quantitative estimate of drug-likeness (QED) is 0.826. The Morgan fingerprint density at radius 2 is 2.06 bits per heavy atom. The van der Waals surface area contributed by atoms with E-state index in [4.69, 9.17) is 5.26 Å². The highest BCUT2D eigenvalue weighted by Crippen LogP contribution is 2.20. The minimum absolute atomic E-state index is 0.0102. The van der Waals surface area contributed by atoms with Gasteiger partial charge in [0.15, 0.2) is 0 Å². The largest absolute Gasteiger partial charge is 0.378 e. The van der Waals surface area contributed by atoms with Gasteiger partial charge in [0.25, 0.3) is 0 Å². The summed E-state index contributed by atoms with van der Waals surface area (Å²) >= 11 is 0. The van der Waals surface area contributed by atoms with E-state index in [1.54, 1.807) is 0 Å². The zero-order chi connectivity index (χ0) is 13.1. The number of anilines is 1. The topological polar surface area (TPSA) is 39.9 Å². The number of aromatic nitrogens is 1. The first-order valence-electron chi connectivity index (χ1n) is 6.07. The molecule has 3 heteroatoms. The fourth-order valence-electron chi connectivity index (χ4n) is 1.91. The maximum absolute atomic E-state index is 8.82. The van der Waals surface area contributed by atoms with Gasteiger partial charge in [-0.25, -0.2) is 0 Å². The van der Waals surface area contributed by atoms with Gasteiger partial charge in [-0.1, -0.05) is 6.07 Å². The fraction of sp³-hybridized carbons (Fsp3) is 0.333. The average molecular weight is 239 g/mol. The number of nitriles is 1. The molecule has 3 nitrogen and oxygen atoms in total. The molecule has 1 aromatic carbocycles. The van der Waals surface area contributed by atoms with E-state index in [0.717, 1.165) is 16.6 Å². The van der Waals surface area contributed by atoms with Crippen molar-refractivity contribution in [2.75, 3.05) is 19.0 Å². The van der Waals surface area contributed by atoms with Crippen molar-refractivity contribution in [3.8, 4) is 6.07 Å². The highest BCUT2D eigenvalue weighted by Gasteiger charge is 2.05. The molecular formula is C15H17N3. The van der Waals surface area contributed by atoms with E-state index in [0.29, 0.717) is 6.42 Å². The lowest BCUT2D eigenvalue weighted by atomic mass is 10.1. The second-order valence-electron chi connectivity index (χ2n) is 4.81. The van der Waals surface area contributed by atoms with Crippen LogP contribution in [0.5, 0.6) is 0 Å². The predicted octanol–water partition coefficient (Wildman–Crippen LogP) is 3.00. The van der Waals surface area contributed by atoms with Gasteiger partial charge in [0, 0.05) is 43.2 Å². The van der Waals surface area contributed by atoms with Gasteiger partial charge in [0.1, 0.15) is 0 Å². The molecule has 0 aliphatic carbocycles. The molecule has 0 fully saturated rings. The Hall–Kier alpha value is -2.08. The number of nitrogens with zero attached hydrogens (tertiary/aromatic N) is 3. The summed E-state index contributed by atoms with van der Waals surface area (Å²) in [5.74, 6) is 0.0102. The Morgan fingerprint density at radius 3 is 2.72 bits per heavy atom. The second kappa shape index (κ2) is 5.05. The van der Waals surface area contributed by atoms with E-state index in [-0.39, 0.29) is 5.92 Å². The summed E-state index contributed by atoms with van der Waals surface area (Å²) in [4.78, 5) is 6.67. The van der Waals surface area contributed by atoms with Crippen LogP contribution in [0.3, 0.4) is 0 Å². The van der Waals surface area contributed by atoms with Crippen LogP contribution in [0.25, 0.3) is 10.9 Å². The summed E-state index contributed by atoms with van der Waals surface area (Å²) in [6.45, 7) is 1.92. The zero-order valence-corrected chi connectivity index (χ0v) is 11.0. The third-order valence-electron chi connectivity index (χ3n) is 2.98. The van der Waals surface area contributed by atoms with Crippen molar-refractivity contribution in [2.24, 2.45) is 5.92 Å². The van der Waals surface area contributed by atoms with Crippen molar-refractivity contribution in [1.82, 2.24) is 4.98 Å². The Bertz CT molecular complexity index is 596. The first-order chi connectivity index (χ1) is 8.60. The van der Waals surface area contributed by atoms with Gasteiger partial charge in [0.05, 0.1) is 11.6 Å². The third kappa shape index (κ3) is 2.60. The summed E-state index contributed by atoms with van der Waals surface area (Å²) in [5.41, 5.74) is 3.14. The molecule has 0 aliphatic rings. The van der Waals surface area contributed by atoms with Crippen molar-refractivity contribution in [3.05, 3.63) is 36.0 Å². The van der Waals surface area contributed by atoms with Crippen LogP contribution >= 0.6 is 0 Å². The minimum atomic E-state index is 0.0102. The molecule has 2 rings (SSSR count). The summed E-state index contributed by atoms with van der Waals surface area (Å²) < 4.78 is 0. The number of rotatable bonds is 3. The molecular weight excluding hydrogens is 222 g/mol. The smallest absolute Gasteiger partial charge is 0.0706 e. The van der Waals surface area contributed by atoms with E-state index in [2.05, 4.69) is 34.2 Å². The normalized spacial score (nSPS) is 12.1. The van der Waals surface area contributed by atoms with Crippen molar-refractivity contribution < 1.29 is 0 Å². The van der Waals surface area contributed by atoms with Gasteiger partial charge in [-0.3, -0.25) is 4.98 Å². The van der Waals surface area contributed by atoms with Gasteiger partial charge >= 0.3 is 0 Å². The summed E-state index contributed by atoms with van der Waals surface area (Å²) in [6.07, 6.45) is 0.710. The Balaban J connectivity index is 2.36. The molecule has 1 aromatic heterocycles. The standard InChI is InChI=1S/C15H17N3/c1-11(10-16)8-13-5-4-12-9-14(18(2)3)6-7-15(12)17-13/h4-7,9,11H,8H2,1-3H3. The van der Waals surface area contributed by atoms with Gasteiger partial charge in [-0.15, -0.1) is 0 Å². The SMILES string of the molecule is CC(C#N)Cc1ccc2cc(N(C)C)ccc2n1. The van der Waals surface area contributed by atoms with Crippen molar-refractivity contribution >= 4 is 16.6 Å². The summed E-state index contributed by atoms with van der Waals surface area (Å²) in [5, 5.41) is 9.96. The van der Waals surface area contributed by atoms with Crippen LogP contribution in [-0.2, 0) is 6.42 Å². The van der Waals surface area contributed by atoms with Gasteiger partial charge < -0.3 is 4.90 Å². The molecule has 0 saturated heterocycles. The van der Waals surface area contributed by atoms with E-state index >= 15 is 0 Å². The van der Waals surface area contributed by atoms with Crippen molar-refractivity contribution in [3.63, 3.8) is 0 Å². The fourth-order valence-corrected chi connectivity index (χ4v) is 1.91. The van der Waals surface area contributed by atoms with Gasteiger partial charge in [-0.05, 0) is 31.2 Å². The number of benzene rings is 1. The maximum Gasteiger partial charge on any atom is 0.0706 e. The summed E-state index contributed by atoms with van der Waals surface area (Å²) in [6, 6.07) is 12.5. The van der Waals surface area contributed by atoms with Crippen molar-refractivity contribution in [2.45, 2.75) is 13.3 Å². The van der Waals surface area contributed by atoms with E-state index in [1.807, 2.05) is 33.2 Å². The lowest BCUT2D eigenvalue weighted by molar-refractivity contribution is 0.724. The molecule has 18 heavy (non-hydrogen) atoms. The number of pyridine rings is 1. The highest BCUT2D eigenvalue weighted by molar-refractivity contribution is 5.82. The molecule has 92 valence electrons. The summed E-state index contributed by atoms with van der Waals surface area (Å²) in [7, 11) is 4.05. The second-order valence-corrected chi connectivity index (χ2v) is 4.81. The predicted molar refractivity (Wildman–Crippen MR) is 74.6 cm³/mol. The molecule has 0 amide bonds. The molecule has 1 heterocycles. The molecule has 2 aromatic rings. The lowest BCUT2D eigenvalue weighted by Crippen LogP contribution is -2.08. The third-order valence-corrected chi connectivity index (χ3v) is 2.98. The first kappa shape index (κ1) is 12.4. The van der Waals surface area contributed by atoms with Crippen LogP contribution in [-0.4, -0.2) is 19.1 Å². The number of fused-ring (bicyclic) bond motifs is 1. The van der Waals surface area contributed by atoms with Gasteiger partial charge in [-0.2, -0.15) is 5.26 Å². The molecule has 1 atom stereocenters. The molecule has 0 bridgehead atoms. The Morgan fingerprint density at radius 1 is 1.28 bits per heavy atom. The van der Waals surface area contributed by atoms with Gasteiger partial charge in [0.2, 0.25) is 0 Å².